The van der Waals surface area contributed by atoms with Gasteiger partial charge >= 0.3 is 5.69 Å². The molecule has 1 aromatic carbocycles. The number of carbonyl (C=O) groups is 3. The molecule has 1 unspecified atom stereocenters. The Morgan fingerprint density at radius 3 is 2.64 bits per heavy atom. The maximum atomic E-state index is 14.2. The highest BCUT2D eigenvalue weighted by molar-refractivity contribution is 6.08. The molecule has 2 bridgehead atoms. The Balaban J connectivity index is 0.708. The number of nitrogens with zero attached hydrogens (tertiary/aromatic N) is 8. The minimum absolute atomic E-state index is 0.00578. The number of para-hydroxylation sites is 1. The van der Waals surface area contributed by atoms with E-state index in [4.69, 9.17) is 14.5 Å². The van der Waals surface area contributed by atoms with Gasteiger partial charge in [0.2, 0.25) is 11.8 Å². The first-order chi connectivity index (χ1) is 31.1. The molecular formula is C46H50F2N10O6. The minimum Gasteiger partial charge on any atom is -0.374 e. The second kappa shape index (κ2) is 17.5. The molecular weight excluding hydrogens is 827 g/mol. The number of imidazole rings is 1. The predicted octanol–water partition coefficient (Wildman–Crippen LogP) is 4.73. The SMILES string of the molecule is Cn1c(=O)n(C2CCC(=O)NC2=O)c2cccc(C#CCOC3CCN(CC4CCC(c5cnc(C(F)F)c(NC(=O)c6cnn7ccc(N8C[C@H]9C[C@@H]8CO9)nc67)c5)CC4)CC3)c21. The molecule has 4 aliphatic heterocycles. The molecule has 1 saturated carbocycles. The van der Waals surface area contributed by atoms with Crippen LogP contribution in [0.5, 0.6) is 0 Å². The molecule has 3 amide bonds. The van der Waals surface area contributed by atoms with E-state index in [9.17, 15) is 28.0 Å². The molecule has 5 aliphatic rings. The van der Waals surface area contributed by atoms with Gasteiger partial charge in [-0.3, -0.25) is 33.8 Å². The summed E-state index contributed by atoms with van der Waals surface area (Å²) >= 11 is 0. The Labute approximate surface area is 367 Å². The Morgan fingerprint density at radius 2 is 1.89 bits per heavy atom. The van der Waals surface area contributed by atoms with Gasteiger partial charge in [0.15, 0.2) is 5.65 Å². The molecule has 5 aromatic rings. The van der Waals surface area contributed by atoms with E-state index in [0.29, 0.717) is 34.8 Å². The highest BCUT2D eigenvalue weighted by Gasteiger charge is 2.40. The molecule has 10 rings (SSSR count). The first-order valence-corrected chi connectivity index (χ1v) is 22.3. The zero-order chi connectivity index (χ0) is 44.1. The average Bonchev–Trinajstić information content (AvgIpc) is 4.10. The van der Waals surface area contributed by atoms with Crippen LogP contribution in [0, 0.1) is 17.8 Å². The minimum atomic E-state index is -2.86. The number of amides is 3. The van der Waals surface area contributed by atoms with Crippen LogP contribution in [0.3, 0.4) is 0 Å². The smallest absolute Gasteiger partial charge is 0.329 e. The summed E-state index contributed by atoms with van der Waals surface area (Å²) in [5.41, 5.74) is 2.49. The number of carbonyl (C=O) groups excluding carboxylic acids is 3. The number of pyridine rings is 1. The molecule has 16 nitrogen and oxygen atoms in total. The number of hydrogen-bond donors (Lipinski definition) is 2. The number of alkyl halides is 2. The number of imide groups is 1. The van der Waals surface area contributed by atoms with Crippen LogP contribution in [0.25, 0.3) is 16.7 Å². The number of anilines is 2. The first kappa shape index (κ1) is 42.0. The van der Waals surface area contributed by atoms with Crippen LogP contribution < -0.4 is 21.2 Å². The monoisotopic (exact) mass is 876 g/mol. The van der Waals surface area contributed by atoms with Gasteiger partial charge in [0, 0.05) is 52.0 Å². The van der Waals surface area contributed by atoms with Gasteiger partial charge in [-0.2, -0.15) is 5.10 Å². The number of halogens is 2. The largest absolute Gasteiger partial charge is 0.374 e. The number of rotatable bonds is 10. The molecule has 334 valence electrons. The number of nitrogens with one attached hydrogen (secondary N) is 2. The number of likely N-dealkylation sites (tertiary alicyclic amines) is 1. The van der Waals surface area contributed by atoms with Crippen LogP contribution in [0.2, 0.25) is 0 Å². The summed E-state index contributed by atoms with van der Waals surface area (Å²) < 4.78 is 44.8. The summed E-state index contributed by atoms with van der Waals surface area (Å²) in [7, 11) is 1.66. The number of aromatic nitrogens is 6. The molecule has 2 N–H and O–H groups in total. The fourth-order valence-corrected chi connectivity index (χ4v) is 10.4. The first-order valence-electron chi connectivity index (χ1n) is 22.3. The number of aryl methyl sites for hydroxylation is 1. The summed E-state index contributed by atoms with van der Waals surface area (Å²) in [5.74, 6) is 6.32. The molecule has 18 heteroatoms. The lowest BCUT2D eigenvalue weighted by molar-refractivity contribution is -0.135. The third-order valence-corrected chi connectivity index (χ3v) is 13.8. The maximum absolute atomic E-state index is 14.2. The van der Waals surface area contributed by atoms with Gasteiger partial charge < -0.3 is 24.6 Å². The predicted molar refractivity (Wildman–Crippen MR) is 231 cm³/mol. The van der Waals surface area contributed by atoms with E-state index < -0.39 is 30.0 Å². The highest BCUT2D eigenvalue weighted by atomic mass is 19.3. The highest BCUT2D eigenvalue weighted by Crippen LogP contribution is 2.39. The molecule has 3 atom stereocenters. The second-order valence-electron chi connectivity index (χ2n) is 17.7. The van der Waals surface area contributed by atoms with Crippen LogP contribution in [-0.2, 0) is 26.1 Å². The molecule has 1 aliphatic carbocycles. The number of morpholine rings is 1. The van der Waals surface area contributed by atoms with Crippen LogP contribution >= 0.6 is 0 Å². The van der Waals surface area contributed by atoms with E-state index in [1.807, 2.05) is 18.2 Å². The number of fused-ring (bicyclic) bond motifs is 4. The van der Waals surface area contributed by atoms with Crippen molar-refractivity contribution < 1.29 is 32.6 Å². The van der Waals surface area contributed by atoms with Gasteiger partial charge in [0.1, 0.15) is 29.7 Å². The van der Waals surface area contributed by atoms with E-state index >= 15 is 0 Å². The van der Waals surface area contributed by atoms with E-state index in [2.05, 4.69) is 42.4 Å². The summed E-state index contributed by atoms with van der Waals surface area (Å²) in [4.78, 5) is 64.8. The van der Waals surface area contributed by atoms with E-state index in [1.165, 1.54) is 26.0 Å². The zero-order valence-electron chi connectivity index (χ0n) is 35.5. The Hall–Kier alpha value is -6.03. The van der Waals surface area contributed by atoms with Crippen molar-refractivity contribution in [2.75, 3.05) is 49.6 Å². The van der Waals surface area contributed by atoms with Crippen molar-refractivity contribution in [3.05, 3.63) is 81.8 Å². The average molecular weight is 877 g/mol. The standard InChI is InChI=1S/C46H50F2N10O6/c1-54-41-29(4-2-6-36(41)58(46(54)62)37-11-12-39(59)53-45(37)61)5-3-19-63-32-13-16-55(17-14-32)24-27-7-9-28(10-8-27)30-20-35(40(42(47)48)49-22-30)51-44(60)34-23-50-57-18-15-38(52-43(34)57)56-25-33-21-31(56)26-64-33/h2,4,6,15,18,20,22-23,27-28,31-33,37,42H,7-14,16-17,19,21,24-26H2,1H3,(H,51,60)(H,53,59,61)/t27?,28?,31-,33-,37?/m1/s1. The van der Waals surface area contributed by atoms with Gasteiger partial charge in [0.05, 0.1) is 53.3 Å². The van der Waals surface area contributed by atoms with Crippen molar-refractivity contribution in [1.82, 2.24) is 38.9 Å². The van der Waals surface area contributed by atoms with Crippen LogP contribution in [0.1, 0.15) is 103 Å². The molecule has 8 heterocycles. The molecule has 4 saturated heterocycles. The number of piperidine rings is 2. The molecule has 0 radical (unpaired) electrons. The summed E-state index contributed by atoms with van der Waals surface area (Å²) in [6, 6.07) is 8.46. The van der Waals surface area contributed by atoms with Crippen LogP contribution in [0.15, 0.2) is 53.7 Å². The quantitative estimate of drug-likeness (QED) is 0.147. The van der Waals surface area contributed by atoms with Gasteiger partial charge in [-0.1, -0.05) is 17.9 Å². The lowest BCUT2D eigenvalue weighted by Crippen LogP contribution is -2.44. The summed E-state index contributed by atoms with van der Waals surface area (Å²) in [6.07, 6.45) is 9.10. The van der Waals surface area contributed by atoms with Crippen molar-refractivity contribution >= 4 is 45.9 Å². The van der Waals surface area contributed by atoms with Crippen molar-refractivity contribution in [1.29, 1.82) is 0 Å². The maximum Gasteiger partial charge on any atom is 0.329 e. The van der Waals surface area contributed by atoms with Crippen LogP contribution in [0.4, 0.5) is 20.3 Å². The summed E-state index contributed by atoms with van der Waals surface area (Å²) in [5, 5.41) is 9.37. The Morgan fingerprint density at radius 1 is 1.06 bits per heavy atom. The second-order valence-corrected chi connectivity index (χ2v) is 17.7. The van der Waals surface area contributed by atoms with Crippen LogP contribution in [-0.4, -0.2) is 109 Å². The fourth-order valence-electron chi connectivity index (χ4n) is 10.4. The van der Waals surface area contributed by atoms with E-state index in [0.717, 1.165) is 82.5 Å². The Bertz CT molecular complexity index is 2740. The van der Waals surface area contributed by atoms with E-state index in [-0.39, 0.29) is 66.5 Å². The number of ether oxygens (including phenoxy) is 2. The van der Waals surface area contributed by atoms with Gasteiger partial charge in [-0.05, 0) is 93.0 Å². The number of benzene rings is 1. The Kier molecular flexibility index (Phi) is 11.5. The van der Waals surface area contributed by atoms with Gasteiger partial charge in [0.25, 0.3) is 12.3 Å². The summed E-state index contributed by atoms with van der Waals surface area (Å²) in [6.45, 7) is 4.46. The lowest BCUT2D eigenvalue weighted by Gasteiger charge is -2.36. The normalized spacial score (nSPS) is 24.1. The number of hydrogen-bond acceptors (Lipinski definition) is 11. The topological polar surface area (TPSA) is 170 Å². The van der Waals surface area contributed by atoms with Crippen molar-refractivity contribution in [2.45, 2.75) is 94.4 Å². The van der Waals surface area contributed by atoms with Gasteiger partial charge in [-0.25, -0.2) is 23.1 Å². The lowest BCUT2D eigenvalue weighted by atomic mass is 9.78. The van der Waals surface area contributed by atoms with Gasteiger partial charge in [-0.15, -0.1) is 0 Å². The molecule has 0 spiro atoms. The molecule has 64 heavy (non-hydrogen) atoms. The van der Waals surface area contributed by atoms with Crippen molar-refractivity contribution in [2.24, 2.45) is 13.0 Å². The third-order valence-electron chi connectivity index (χ3n) is 13.8. The zero-order valence-corrected chi connectivity index (χ0v) is 35.5. The molecule has 4 aromatic heterocycles. The fraction of sp³-hybridized carbons (Fsp3) is 0.500. The third kappa shape index (κ3) is 8.16. The molecule has 5 fully saturated rings. The van der Waals surface area contributed by atoms with Crippen molar-refractivity contribution in [3.63, 3.8) is 0 Å². The van der Waals surface area contributed by atoms with E-state index in [1.54, 1.807) is 25.4 Å². The van der Waals surface area contributed by atoms with Crippen molar-refractivity contribution in [3.8, 4) is 11.8 Å².